The molecule has 2 aromatic carbocycles. The number of carbonyl (C=O) groups excluding carboxylic acids is 1. The van der Waals surface area contributed by atoms with Crippen molar-refractivity contribution < 1.29 is 4.79 Å². The Kier molecular flexibility index (Phi) is 7.04. The Balaban J connectivity index is 1.59. The molecular weight excluding hydrogens is 366 g/mol. The Morgan fingerprint density at radius 3 is 2.39 bits per heavy atom. The highest BCUT2D eigenvalue weighted by Crippen LogP contribution is 2.21. The summed E-state index contributed by atoms with van der Waals surface area (Å²) in [4.78, 5) is 14.5. The molecule has 28 heavy (non-hydrogen) atoms. The van der Waals surface area contributed by atoms with Crippen molar-refractivity contribution in [2.75, 3.05) is 18.4 Å². The Labute approximate surface area is 173 Å². The Morgan fingerprint density at radius 2 is 1.75 bits per heavy atom. The molecule has 2 N–H and O–H groups in total. The second kappa shape index (κ2) is 9.69. The molecule has 5 heteroatoms. The zero-order chi connectivity index (χ0) is 19.9. The normalized spacial score (nSPS) is 15.0. The van der Waals surface area contributed by atoms with E-state index in [1.165, 1.54) is 17.5 Å². The summed E-state index contributed by atoms with van der Waals surface area (Å²) < 4.78 is 0. The quantitative estimate of drug-likeness (QED) is 0.695. The van der Waals surface area contributed by atoms with Gasteiger partial charge in [-0.3, -0.25) is 4.79 Å². The van der Waals surface area contributed by atoms with E-state index in [2.05, 4.69) is 48.7 Å². The number of nitrogens with zero attached hydrogens (tertiary/aromatic N) is 1. The molecule has 1 atom stereocenters. The minimum absolute atomic E-state index is 0.123. The highest BCUT2D eigenvalue weighted by molar-refractivity contribution is 7.80. The topological polar surface area (TPSA) is 44.4 Å². The molecule has 0 aliphatic carbocycles. The van der Waals surface area contributed by atoms with E-state index < -0.39 is 0 Å². The van der Waals surface area contributed by atoms with Gasteiger partial charge in [-0.1, -0.05) is 31.2 Å². The van der Waals surface area contributed by atoms with Crippen molar-refractivity contribution in [2.24, 2.45) is 0 Å². The molecule has 0 saturated carbocycles. The molecule has 2 aromatic rings. The van der Waals surface area contributed by atoms with Gasteiger partial charge in [0.2, 0.25) is 0 Å². The summed E-state index contributed by atoms with van der Waals surface area (Å²) in [6.45, 7) is 6.00. The fourth-order valence-electron chi connectivity index (χ4n) is 3.68. The van der Waals surface area contributed by atoms with E-state index in [4.69, 9.17) is 12.2 Å². The van der Waals surface area contributed by atoms with Gasteiger partial charge >= 0.3 is 0 Å². The second-order valence-corrected chi connectivity index (χ2v) is 7.75. The van der Waals surface area contributed by atoms with Crippen LogP contribution in [0, 0.1) is 6.92 Å². The first kappa shape index (κ1) is 20.3. The van der Waals surface area contributed by atoms with Crippen molar-refractivity contribution in [1.29, 1.82) is 0 Å². The number of nitrogens with one attached hydrogen (secondary N) is 2. The van der Waals surface area contributed by atoms with Crippen LogP contribution in [0.15, 0.2) is 48.5 Å². The van der Waals surface area contributed by atoms with Crippen LogP contribution in [0.5, 0.6) is 0 Å². The van der Waals surface area contributed by atoms with E-state index in [1.807, 2.05) is 29.2 Å². The molecule has 1 aliphatic heterocycles. The number of hydrogen-bond donors (Lipinski definition) is 2. The van der Waals surface area contributed by atoms with Crippen LogP contribution in [0.1, 0.15) is 60.1 Å². The summed E-state index contributed by atoms with van der Waals surface area (Å²) >= 11 is 5.51. The van der Waals surface area contributed by atoms with Crippen molar-refractivity contribution in [3.63, 3.8) is 0 Å². The molecule has 1 fully saturated rings. The number of rotatable bonds is 5. The van der Waals surface area contributed by atoms with Gasteiger partial charge in [0.05, 0.1) is 6.04 Å². The third-order valence-corrected chi connectivity index (χ3v) is 5.53. The Hall–Kier alpha value is -2.40. The van der Waals surface area contributed by atoms with Gasteiger partial charge in [-0.2, -0.15) is 0 Å². The summed E-state index contributed by atoms with van der Waals surface area (Å²) in [6.07, 6.45) is 4.36. The number of anilines is 1. The van der Waals surface area contributed by atoms with Gasteiger partial charge in [0.1, 0.15) is 0 Å². The zero-order valence-electron chi connectivity index (χ0n) is 16.7. The molecular formula is C23H29N3OS. The summed E-state index contributed by atoms with van der Waals surface area (Å²) in [5.41, 5.74) is 4.13. The van der Waals surface area contributed by atoms with Crippen molar-refractivity contribution in [3.8, 4) is 0 Å². The second-order valence-electron chi connectivity index (χ2n) is 7.35. The Bertz CT molecular complexity index is 813. The molecule has 148 valence electrons. The summed E-state index contributed by atoms with van der Waals surface area (Å²) in [5, 5.41) is 7.23. The molecule has 1 amide bonds. The first-order valence-electron chi connectivity index (χ1n) is 10.1. The van der Waals surface area contributed by atoms with Crippen LogP contribution in [0.2, 0.25) is 0 Å². The molecule has 1 saturated heterocycles. The lowest BCUT2D eigenvalue weighted by Gasteiger charge is -2.26. The van der Waals surface area contributed by atoms with Gasteiger partial charge in [-0.25, -0.2) is 0 Å². The van der Waals surface area contributed by atoms with E-state index in [0.717, 1.165) is 43.6 Å². The van der Waals surface area contributed by atoms with Crippen molar-refractivity contribution in [3.05, 3.63) is 65.2 Å². The van der Waals surface area contributed by atoms with Crippen LogP contribution in [-0.4, -0.2) is 29.0 Å². The number of thiocarbonyl (C=S) groups is 1. The summed E-state index contributed by atoms with van der Waals surface area (Å²) in [7, 11) is 0. The average Bonchev–Trinajstić information content (AvgIpc) is 2.73. The lowest BCUT2D eigenvalue weighted by molar-refractivity contribution is 0.0724. The molecule has 0 unspecified atom stereocenters. The predicted molar refractivity (Wildman–Crippen MR) is 120 cm³/mol. The maximum absolute atomic E-state index is 12.6. The molecule has 1 heterocycles. The van der Waals surface area contributed by atoms with Crippen LogP contribution >= 0.6 is 12.2 Å². The highest BCUT2D eigenvalue weighted by atomic mass is 32.1. The molecule has 0 aromatic heterocycles. The van der Waals surface area contributed by atoms with Crippen LogP contribution in [0.25, 0.3) is 0 Å². The van der Waals surface area contributed by atoms with Crippen LogP contribution in [-0.2, 0) is 0 Å². The predicted octanol–water partition coefficient (Wildman–Crippen LogP) is 5.06. The van der Waals surface area contributed by atoms with Crippen molar-refractivity contribution in [1.82, 2.24) is 10.2 Å². The zero-order valence-corrected chi connectivity index (χ0v) is 17.5. The third kappa shape index (κ3) is 5.10. The van der Waals surface area contributed by atoms with E-state index in [-0.39, 0.29) is 11.9 Å². The van der Waals surface area contributed by atoms with E-state index in [0.29, 0.717) is 5.11 Å². The maximum atomic E-state index is 12.6. The molecule has 0 spiro atoms. The first-order valence-corrected chi connectivity index (χ1v) is 10.5. The first-order chi connectivity index (χ1) is 13.6. The molecule has 0 bridgehead atoms. The van der Waals surface area contributed by atoms with Gasteiger partial charge in [0, 0.05) is 24.3 Å². The Morgan fingerprint density at radius 1 is 1.07 bits per heavy atom. The fraction of sp³-hybridized carbons (Fsp3) is 0.391. The van der Waals surface area contributed by atoms with Gasteiger partial charge < -0.3 is 15.5 Å². The number of likely N-dealkylation sites (tertiary alicyclic amines) is 1. The number of benzene rings is 2. The van der Waals surface area contributed by atoms with Crippen molar-refractivity contribution >= 4 is 28.9 Å². The van der Waals surface area contributed by atoms with E-state index in [1.54, 1.807) is 0 Å². The highest BCUT2D eigenvalue weighted by Gasteiger charge is 2.18. The number of piperidine rings is 1. The van der Waals surface area contributed by atoms with E-state index in [9.17, 15) is 4.79 Å². The minimum atomic E-state index is 0.123. The van der Waals surface area contributed by atoms with Crippen LogP contribution in [0.4, 0.5) is 5.69 Å². The van der Waals surface area contributed by atoms with Gasteiger partial charge in [-0.05, 0) is 80.2 Å². The van der Waals surface area contributed by atoms with Crippen LogP contribution in [0.3, 0.4) is 0 Å². The lowest BCUT2D eigenvalue weighted by atomic mass is 10.00. The fourth-order valence-corrected chi connectivity index (χ4v) is 3.94. The lowest BCUT2D eigenvalue weighted by Crippen LogP contribution is -2.35. The number of amides is 1. The monoisotopic (exact) mass is 395 g/mol. The minimum Gasteiger partial charge on any atom is -0.356 e. The van der Waals surface area contributed by atoms with Gasteiger partial charge in [0.25, 0.3) is 5.91 Å². The number of hydrogen-bond acceptors (Lipinski definition) is 2. The maximum Gasteiger partial charge on any atom is 0.253 e. The molecule has 3 rings (SSSR count). The smallest absolute Gasteiger partial charge is 0.253 e. The van der Waals surface area contributed by atoms with Gasteiger partial charge in [0.15, 0.2) is 5.11 Å². The molecule has 0 radical (unpaired) electrons. The molecule has 4 nitrogen and oxygen atoms in total. The van der Waals surface area contributed by atoms with Gasteiger partial charge in [-0.15, -0.1) is 0 Å². The van der Waals surface area contributed by atoms with Crippen LogP contribution < -0.4 is 10.6 Å². The number of carbonyl (C=O) groups is 1. The van der Waals surface area contributed by atoms with Crippen molar-refractivity contribution in [2.45, 2.75) is 45.6 Å². The SMILES string of the molecule is CC[C@@H](NC(=S)Nc1ccc(C(=O)N2CCCCC2)cc1)c1ccccc1C. The summed E-state index contributed by atoms with van der Waals surface area (Å²) in [6, 6.07) is 16.1. The average molecular weight is 396 g/mol. The molecule has 1 aliphatic rings. The largest absolute Gasteiger partial charge is 0.356 e. The number of aryl methyl sites for hydroxylation is 1. The standard InChI is InChI=1S/C23H29N3OS/c1-3-21(20-10-6-5-9-17(20)2)25-23(28)24-19-13-11-18(12-14-19)22(27)26-15-7-4-8-16-26/h5-6,9-14,21H,3-4,7-8,15-16H2,1-2H3,(H2,24,25,28)/t21-/m1/s1. The van der Waals surface area contributed by atoms with E-state index >= 15 is 0 Å². The summed E-state index contributed by atoms with van der Waals surface area (Å²) in [5.74, 6) is 0.123. The third-order valence-electron chi connectivity index (χ3n) is 5.31.